The Bertz CT molecular complexity index is 657. The third-order valence-electron chi connectivity index (χ3n) is 3.78. The Morgan fingerprint density at radius 3 is 2.65 bits per heavy atom. The summed E-state index contributed by atoms with van der Waals surface area (Å²) in [5.41, 5.74) is 3.56. The van der Waals surface area contributed by atoms with Crippen LogP contribution >= 0.6 is 23.2 Å². The second kappa shape index (κ2) is 5.28. The van der Waals surface area contributed by atoms with Crippen molar-refractivity contribution < 1.29 is 5.11 Å². The van der Waals surface area contributed by atoms with Crippen molar-refractivity contribution in [1.29, 1.82) is 0 Å². The monoisotopic (exact) mass is 307 g/mol. The summed E-state index contributed by atoms with van der Waals surface area (Å²) in [7, 11) is 2.08. The van der Waals surface area contributed by atoms with Gasteiger partial charge in [-0.25, -0.2) is 0 Å². The second-order valence-electron chi connectivity index (χ2n) is 5.31. The molecule has 0 spiro atoms. The van der Waals surface area contributed by atoms with E-state index in [9.17, 15) is 5.11 Å². The van der Waals surface area contributed by atoms with E-state index in [1.54, 1.807) is 6.07 Å². The van der Waals surface area contributed by atoms with Crippen molar-refractivity contribution in [2.45, 2.75) is 12.5 Å². The van der Waals surface area contributed by atoms with Gasteiger partial charge in [0, 0.05) is 19.0 Å². The maximum Gasteiger partial charge on any atom is 0.115 e. The van der Waals surface area contributed by atoms with Crippen LogP contribution in [0.3, 0.4) is 0 Å². The number of likely N-dealkylation sites (N-methyl/N-ethyl adjacent to an activating group) is 1. The molecular weight excluding hydrogens is 293 g/mol. The zero-order chi connectivity index (χ0) is 14.3. The van der Waals surface area contributed by atoms with Crippen LogP contribution in [0, 0.1) is 0 Å². The van der Waals surface area contributed by atoms with Crippen molar-refractivity contribution >= 4 is 23.2 Å². The molecule has 1 heterocycles. The van der Waals surface area contributed by atoms with Gasteiger partial charge in [0.25, 0.3) is 0 Å². The molecule has 2 aromatic carbocycles. The Morgan fingerprint density at radius 1 is 1.10 bits per heavy atom. The molecule has 0 fully saturated rings. The number of hydrogen-bond acceptors (Lipinski definition) is 2. The SMILES string of the molecule is CN1Cc2cc(O)ccc2C(c2ccc(Cl)c(Cl)c2)C1. The van der Waals surface area contributed by atoms with E-state index < -0.39 is 0 Å². The summed E-state index contributed by atoms with van der Waals surface area (Å²) in [5, 5.41) is 10.8. The smallest absolute Gasteiger partial charge is 0.115 e. The fourth-order valence-corrected chi connectivity index (χ4v) is 3.16. The average Bonchev–Trinajstić information content (AvgIpc) is 2.40. The Balaban J connectivity index is 2.08. The topological polar surface area (TPSA) is 23.5 Å². The molecule has 0 amide bonds. The molecule has 0 saturated heterocycles. The summed E-state index contributed by atoms with van der Waals surface area (Å²) in [6.07, 6.45) is 0. The second-order valence-corrected chi connectivity index (χ2v) is 6.12. The van der Waals surface area contributed by atoms with Crippen LogP contribution in [0.25, 0.3) is 0 Å². The fourth-order valence-electron chi connectivity index (χ4n) is 2.85. The van der Waals surface area contributed by atoms with Gasteiger partial charge in [-0.05, 0) is 48.0 Å². The molecule has 1 N–H and O–H groups in total. The van der Waals surface area contributed by atoms with E-state index in [0.717, 1.165) is 24.2 Å². The molecule has 0 bridgehead atoms. The van der Waals surface area contributed by atoms with Gasteiger partial charge in [0.05, 0.1) is 10.0 Å². The third kappa shape index (κ3) is 2.51. The first kappa shape index (κ1) is 13.7. The van der Waals surface area contributed by atoms with Gasteiger partial charge in [-0.2, -0.15) is 0 Å². The van der Waals surface area contributed by atoms with Crippen molar-refractivity contribution in [3.63, 3.8) is 0 Å². The maximum atomic E-state index is 9.65. The quantitative estimate of drug-likeness (QED) is 0.850. The van der Waals surface area contributed by atoms with E-state index in [-0.39, 0.29) is 5.92 Å². The third-order valence-corrected chi connectivity index (χ3v) is 4.52. The predicted octanol–water partition coefficient (Wildman–Crippen LogP) is 4.28. The van der Waals surface area contributed by atoms with Gasteiger partial charge in [-0.1, -0.05) is 35.3 Å². The number of phenolic OH excluding ortho intramolecular Hbond substituents is 1. The van der Waals surface area contributed by atoms with E-state index in [1.807, 2.05) is 30.3 Å². The van der Waals surface area contributed by atoms with Gasteiger partial charge < -0.3 is 10.0 Å². The first-order chi connectivity index (χ1) is 9.54. The minimum Gasteiger partial charge on any atom is -0.508 e. The Kier molecular flexibility index (Phi) is 3.63. The van der Waals surface area contributed by atoms with Crippen molar-refractivity contribution in [3.05, 3.63) is 63.1 Å². The standard InChI is InChI=1S/C16H15Cl2NO/c1-19-8-11-6-12(20)3-4-13(11)14(9-19)10-2-5-15(17)16(18)7-10/h2-7,14,20H,8-9H2,1H3. The Hall–Kier alpha value is -1.22. The van der Waals surface area contributed by atoms with Gasteiger partial charge in [-0.3, -0.25) is 0 Å². The van der Waals surface area contributed by atoms with Crippen LogP contribution in [0.5, 0.6) is 5.75 Å². The lowest BCUT2D eigenvalue weighted by Gasteiger charge is -2.32. The van der Waals surface area contributed by atoms with Crippen LogP contribution in [-0.4, -0.2) is 23.6 Å². The van der Waals surface area contributed by atoms with Gasteiger partial charge in [0.2, 0.25) is 0 Å². The first-order valence-electron chi connectivity index (χ1n) is 6.50. The highest BCUT2D eigenvalue weighted by Gasteiger charge is 2.25. The molecule has 0 aromatic heterocycles. The molecule has 1 atom stereocenters. The summed E-state index contributed by atoms with van der Waals surface area (Å²) in [5.74, 6) is 0.561. The lowest BCUT2D eigenvalue weighted by molar-refractivity contribution is 0.294. The van der Waals surface area contributed by atoms with E-state index >= 15 is 0 Å². The van der Waals surface area contributed by atoms with E-state index in [1.165, 1.54) is 5.56 Å². The number of benzene rings is 2. The van der Waals surface area contributed by atoms with Gasteiger partial charge in [-0.15, -0.1) is 0 Å². The van der Waals surface area contributed by atoms with Crippen molar-refractivity contribution in [3.8, 4) is 5.75 Å². The van der Waals surface area contributed by atoms with Gasteiger partial charge in [0.15, 0.2) is 0 Å². The van der Waals surface area contributed by atoms with E-state index in [0.29, 0.717) is 15.8 Å². The van der Waals surface area contributed by atoms with Crippen LogP contribution in [-0.2, 0) is 6.54 Å². The molecular formula is C16H15Cl2NO. The zero-order valence-corrected chi connectivity index (χ0v) is 12.6. The van der Waals surface area contributed by atoms with Crippen molar-refractivity contribution in [1.82, 2.24) is 4.90 Å². The minimum absolute atomic E-state index is 0.249. The number of phenols is 1. The fraction of sp³-hybridized carbons (Fsp3) is 0.250. The number of halogens is 2. The molecule has 4 heteroatoms. The van der Waals surface area contributed by atoms with Crippen LogP contribution in [0.1, 0.15) is 22.6 Å². The minimum atomic E-state index is 0.249. The highest BCUT2D eigenvalue weighted by molar-refractivity contribution is 6.42. The highest BCUT2D eigenvalue weighted by atomic mass is 35.5. The number of rotatable bonds is 1. The Labute approximate surface area is 128 Å². The molecule has 1 aliphatic heterocycles. The maximum absolute atomic E-state index is 9.65. The van der Waals surface area contributed by atoms with Gasteiger partial charge in [0.1, 0.15) is 5.75 Å². The highest BCUT2D eigenvalue weighted by Crippen LogP contribution is 2.36. The number of nitrogens with zero attached hydrogens (tertiary/aromatic N) is 1. The lowest BCUT2D eigenvalue weighted by Crippen LogP contribution is -2.30. The zero-order valence-electron chi connectivity index (χ0n) is 11.1. The Morgan fingerprint density at radius 2 is 1.90 bits per heavy atom. The predicted molar refractivity (Wildman–Crippen MR) is 82.7 cm³/mol. The molecule has 104 valence electrons. The number of aromatic hydroxyl groups is 1. The summed E-state index contributed by atoms with van der Waals surface area (Å²) in [6, 6.07) is 11.4. The summed E-state index contributed by atoms with van der Waals surface area (Å²) in [4.78, 5) is 2.24. The number of fused-ring (bicyclic) bond motifs is 1. The van der Waals surface area contributed by atoms with Crippen LogP contribution in [0.4, 0.5) is 0 Å². The first-order valence-corrected chi connectivity index (χ1v) is 7.25. The van der Waals surface area contributed by atoms with E-state index in [2.05, 4.69) is 11.9 Å². The average molecular weight is 308 g/mol. The van der Waals surface area contributed by atoms with Crippen LogP contribution < -0.4 is 0 Å². The molecule has 3 rings (SSSR count). The van der Waals surface area contributed by atoms with Crippen molar-refractivity contribution in [2.24, 2.45) is 0 Å². The summed E-state index contributed by atoms with van der Waals surface area (Å²) < 4.78 is 0. The normalized spacial score (nSPS) is 18.9. The van der Waals surface area contributed by atoms with Gasteiger partial charge >= 0.3 is 0 Å². The summed E-state index contributed by atoms with van der Waals surface area (Å²) >= 11 is 12.1. The molecule has 2 aromatic rings. The van der Waals surface area contributed by atoms with Crippen LogP contribution in [0.2, 0.25) is 10.0 Å². The number of hydrogen-bond donors (Lipinski definition) is 1. The molecule has 0 aliphatic carbocycles. The van der Waals surface area contributed by atoms with Crippen molar-refractivity contribution in [2.75, 3.05) is 13.6 Å². The molecule has 0 radical (unpaired) electrons. The molecule has 1 aliphatic rings. The largest absolute Gasteiger partial charge is 0.508 e. The summed E-state index contributed by atoms with van der Waals surface area (Å²) in [6.45, 7) is 1.78. The molecule has 0 saturated carbocycles. The molecule has 2 nitrogen and oxygen atoms in total. The van der Waals surface area contributed by atoms with E-state index in [4.69, 9.17) is 23.2 Å². The molecule has 1 unspecified atom stereocenters. The molecule has 20 heavy (non-hydrogen) atoms. The van der Waals surface area contributed by atoms with Crippen LogP contribution in [0.15, 0.2) is 36.4 Å². The lowest BCUT2D eigenvalue weighted by atomic mass is 9.85.